The van der Waals surface area contributed by atoms with Crippen molar-refractivity contribution in [2.45, 2.75) is 6.92 Å². The quantitative estimate of drug-likeness (QED) is 0.703. The summed E-state index contributed by atoms with van der Waals surface area (Å²) in [5.41, 5.74) is 1.80. The highest BCUT2D eigenvalue weighted by atomic mass is 32.2. The first-order valence-electron chi connectivity index (χ1n) is 9.74. The molecule has 0 saturated carbocycles. The van der Waals surface area contributed by atoms with Gasteiger partial charge in [0, 0.05) is 50.5 Å². The van der Waals surface area contributed by atoms with Crippen LogP contribution in [0, 0.1) is 0 Å². The van der Waals surface area contributed by atoms with Gasteiger partial charge in [0.15, 0.2) is 0 Å². The fourth-order valence-electron chi connectivity index (χ4n) is 3.44. The van der Waals surface area contributed by atoms with E-state index in [9.17, 15) is 18.0 Å². The highest BCUT2D eigenvalue weighted by molar-refractivity contribution is 7.92. The number of carbonyl (C=O) groups excluding carboxylic acids is 2. The summed E-state index contributed by atoms with van der Waals surface area (Å²) in [6.07, 6.45) is 1.02. The van der Waals surface area contributed by atoms with E-state index >= 15 is 0 Å². The molecule has 2 amide bonds. The largest absolute Gasteiger partial charge is 0.497 e. The minimum atomic E-state index is -3.58. The summed E-state index contributed by atoms with van der Waals surface area (Å²) in [5, 5.41) is 2.63. The van der Waals surface area contributed by atoms with Gasteiger partial charge in [0.2, 0.25) is 15.9 Å². The van der Waals surface area contributed by atoms with Crippen molar-refractivity contribution in [3.63, 3.8) is 0 Å². The van der Waals surface area contributed by atoms with Gasteiger partial charge in [-0.25, -0.2) is 8.42 Å². The van der Waals surface area contributed by atoms with Crippen LogP contribution in [0.2, 0.25) is 0 Å². The predicted molar refractivity (Wildman–Crippen MR) is 120 cm³/mol. The first-order valence-corrected chi connectivity index (χ1v) is 11.6. The average Bonchev–Trinajstić information content (AvgIpc) is 2.73. The smallest absolute Gasteiger partial charge is 0.256 e. The molecule has 1 saturated heterocycles. The van der Waals surface area contributed by atoms with Crippen molar-refractivity contribution in [2.24, 2.45) is 0 Å². The van der Waals surface area contributed by atoms with E-state index in [0.29, 0.717) is 31.9 Å². The second-order valence-electron chi connectivity index (χ2n) is 7.30. The number of sulfonamides is 1. The summed E-state index contributed by atoms with van der Waals surface area (Å²) in [4.78, 5) is 28.5. The van der Waals surface area contributed by atoms with E-state index in [1.807, 2.05) is 24.3 Å². The molecule has 9 nitrogen and oxygen atoms in total. The van der Waals surface area contributed by atoms with Crippen LogP contribution in [0.3, 0.4) is 0 Å². The Hall–Kier alpha value is -3.27. The third kappa shape index (κ3) is 5.88. The number of methoxy groups -OCH3 is 1. The number of hydrogen-bond donors (Lipinski definition) is 2. The number of nitrogens with one attached hydrogen (secondary N) is 2. The van der Waals surface area contributed by atoms with Gasteiger partial charge in [-0.05, 0) is 30.3 Å². The molecule has 1 aliphatic heterocycles. The van der Waals surface area contributed by atoms with Crippen LogP contribution >= 0.6 is 0 Å². The summed E-state index contributed by atoms with van der Waals surface area (Å²) >= 11 is 0. The molecule has 0 atom stereocenters. The van der Waals surface area contributed by atoms with Crippen molar-refractivity contribution in [2.75, 3.05) is 54.5 Å². The summed E-state index contributed by atoms with van der Waals surface area (Å²) in [6.45, 7) is 3.55. The first kappa shape index (κ1) is 22.4. The Kier molecular flexibility index (Phi) is 6.69. The van der Waals surface area contributed by atoms with E-state index in [1.165, 1.54) is 19.1 Å². The molecular weight excluding hydrogens is 420 g/mol. The summed E-state index contributed by atoms with van der Waals surface area (Å²) < 4.78 is 31.2. The van der Waals surface area contributed by atoms with Crippen LogP contribution in [0.1, 0.15) is 17.3 Å². The average molecular weight is 447 g/mol. The number of rotatable bonds is 6. The molecule has 0 aliphatic carbocycles. The van der Waals surface area contributed by atoms with E-state index in [2.05, 4.69) is 14.9 Å². The standard InChI is InChI=1S/C21H26N4O5S/c1-15(26)22-16-7-8-20(23-31(3,28)29)19(13-16)21(27)25-11-9-24(10-12-25)17-5-4-6-18(14-17)30-2/h4-8,13-14,23H,9-12H2,1-3H3,(H,22,26). The van der Waals surface area contributed by atoms with Gasteiger partial charge in [-0.15, -0.1) is 0 Å². The fraction of sp³-hybridized carbons (Fsp3) is 0.333. The number of carbonyl (C=O) groups is 2. The summed E-state index contributed by atoms with van der Waals surface area (Å²) in [7, 11) is -1.96. The van der Waals surface area contributed by atoms with Crippen LogP contribution in [0.25, 0.3) is 0 Å². The molecule has 2 aromatic rings. The molecule has 0 bridgehead atoms. The zero-order valence-electron chi connectivity index (χ0n) is 17.7. The third-order valence-corrected chi connectivity index (χ3v) is 5.44. The molecule has 1 fully saturated rings. The van der Waals surface area contributed by atoms with Gasteiger partial charge >= 0.3 is 0 Å². The van der Waals surface area contributed by atoms with Crippen molar-refractivity contribution in [3.05, 3.63) is 48.0 Å². The van der Waals surface area contributed by atoms with Crippen LogP contribution in [-0.4, -0.2) is 64.7 Å². The molecule has 31 heavy (non-hydrogen) atoms. The molecule has 1 aliphatic rings. The molecule has 0 aromatic heterocycles. The lowest BCUT2D eigenvalue weighted by molar-refractivity contribution is -0.114. The third-order valence-electron chi connectivity index (χ3n) is 4.85. The van der Waals surface area contributed by atoms with E-state index in [4.69, 9.17) is 4.74 Å². The number of piperazine rings is 1. The lowest BCUT2D eigenvalue weighted by Crippen LogP contribution is -2.49. The predicted octanol–water partition coefficient (Wildman–Crippen LogP) is 1.99. The lowest BCUT2D eigenvalue weighted by Gasteiger charge is -2.36. The van der Waals surface area contributed by atoms with Crippen molar-refractivity contribution >= 4 is 38.9 Å². The Labute approximate surface area is 182 Å². The highest BCUT2D eigenvalue weighted by Gasteiger charge is 2.25. The second kappa shape index (κ2) is 9.25. The molecule has 1 heterocycles. The summed E-state index contributed by atoms with van der Waals surface area (Å²) in [6, 6.07) is 12.3. The molecule has 0 spiro atoms. The Morgan fingerprint density at radius 2 is 1.74 bits per heavy atom. The molecule has 3 rings (SSSR count). The second-order valence-corrected chi connectivity index (χ2v) is 9.04. The van der Waals surface area contributed by atoms with E-state index in [0.717, 1.165) is 17.7 Å². The molecule has 2 aromatic carbocycles. The maximum absolute atomic E-state index is 13.2. The number of amides is 2. The number of ether oxygens (including phenoxy) is 1. The first-order chi connectivity index (χ1) is 14.7. The molecule has 0 radical (unpaired) electrons. The van der Waals surface area contributed by atoms with E-state index < -0.39 is 10.0 Å². The van der Waals surface area contributed by atoms with Gasteiger partial charge in [-0.3, -0.25) is 14.3 Å². The lowest BCUT2D eigenvalue weighted by atomic mass is 10.1. The number of hydrogen-bond acceptors (Lipinski definition) is 6. The van der Waals surface area contributed by atoms with Crippen molar-refractivity contribution in [1.82, 2.24) is 4.90 Å². The van der Waals surface area contributed by atoms with Crippen LogP contribution in [0.5, 0.6) is 5.75 Å². The molecule has 0 unspecified atom stereocenters. The normalized spacial score (nSPS) is 14.2. The van der Waals surface area contributed by atoms with E-state index in [-0.39, 0.29) is 23.1 Å². The zero-order valence-corrected chi connectivity index (χ0v) is 18.5. The molecular formula is C21H26N4O5S. The number of benzene rings is 2. The Morgan fingerprint density at radius 1 is 1.03 bits per heavy atom. The van der Waals surface area contributed by atoms with Crippen molar-refractivity contribution < 1.29 is 22.7 Å². The maximum Gasteiger partial charge on any atom is 0.256 e. The topological polar surface area (TPSA) is 108 Å². The SMILES string of the molecule is COc1cccc(N2CCN(C(=O)c3cc(NC(C)=O)ccc3NS(C)(=O)=O)CC2)c1. The van der Waals surface area contributed by atoms with Crippen LogP contribution in [0.4, 0.5) is 17.1 Å². The van der Waals surface area contributed by atoms with Crippen molar-refractivity contribution in [3.8, 4) is 5.75 Å². The highest BCUT2D eigenvalue weighted by Crippen LogP contribution is 2.26. The number of nitrogens with zero attached hydrogens (tertiary/aromatic N) is 2. The number of anilines is 3. The van der Waals surface area contributed by atoms with Gasteiger partial charge in [0.1, 0.15) is 5.75 Å². The molecule has 166 valence electrons. The fourth-order valence-corrected chi connectivity index (χ4v) is 4.01. The molecule has 10 heteroatoms. The van der Waals surface area contributed by atoms with Gasteiger partial charge in [-0.1, -0.05) is 6.07 Å². The maximum atomic E-state index is 13.2. The summed E-state index contributed by atoms with van der Waals surface area (Å²) in [5.74, 6) is 0.181. The van der Waals surface area contributed by atoms with Gasteiger partial charge in [0.05, 0.1) is 24.6 Å². The Bertz CT molecular complexity index is 1080. The van der Waals surface area contributed by atoms with E-state index in [1.54, 1.807) is 18.1 Å². The minimum Gasteiger partial charge on any atom is -0.497 e. The van der Waals surface area contributed by atoms with Crippen molar-refractivity contribution in [1.29, 1.82) is 0 Å². The van der Waals surface area contributed by atoms with Gasteiger partial charge in [0.25, 0.3) is 5.91 Å². The van der Waals surface area contributed by atoms with Crippen LogP contribution < -0.4 is 19.7 Å². The Balaban J connectivity index is 1.79. The van der Waals surface area contributed by atoms with Gasteiger partial charge in [-0.2, -0.15) is 0 Å². The van der Waals surface area contributed by atoms with Crippen LogP contribution in [-0.2, 0) is 14.8 Å². The zero-order chi connectivity index (χ0) is 22.6. The van der Waals surface area contributed by atoms with Crippen LogP contribution in [0.15, 0.2) is 42.5 Å². The Morgan fingerprint density at radius 3 is 2.35 bits per heavy atom. The van der Waals surface area contributed by atoms with Gasteiger partial charge < -0.3 is 19.9 Å². The molecule has 2 N–H and O–H groups in total. The minimum absolute atomic E-state index is 0.178. The monoisotopic (exact) mass is 446 g/mol.